The van der Waals surface area contributed by atoms with Crippen molar-refractivity contribution in [3.63, 3.8) is 0 Å². The number of nitrogens with zero attached hydrogens (tertiary/aromatic N) is 2. The highest BCUT2D eigenvalue weighted by Crippen LogP contribution is 2.42. The van der Waals surface area contributed by atoms with E-state index in [-0.39, 0.29) is 78.4 Å². The van der Waals surface area contributed by atoms with Crippen molar-refractivity contribution in [2.45, 2.75) is 9.79 Å². The molecule has 0 radical (unpaired) electrons. The fourth-order valence-corrected chi connectivity index (χ4v) is 7.87. The summed E-state index contributed by atoms with van der Waals surface area (Å²) in [6.45, 7) is 0. The molecule has 2 aliphatic heterocycles. The third-order valence-corrected chi connectivity index (χ3v) is 10.6. The Labute approximate surface area is 312 Å². The second kappa shape index (κ2) is 14.4. The van der Waals surface area contributed by atoms with E-state index >= 15 is 0 Å². The Hall–Kier alpha value is -6.42. The zero-order valence-corrected chi connectivity index (χ0v) is 31.1. The first-order chi connectivity index (χ1) is 26.1. The van der Waals surface area contributed by atoms with Crippen LogP contribution in [-0.2, 0) is 28.8 Å². The van der Waals surface area contributed by atoms with Gasteiger partial charge in [0.25, 0.3) is 23.6 Å². The number of hydrogen-bond donors (Lipinski definition) is 0. The minimum Gasteiger partial charge on any atom is -0.496 e. The molecule has 0 N–H and O–H groups in total. The first-order valence-corrected chi connectivity index (χ1v) is 18.2. The van der Waals surface area contributed by atoms with Crippen molar-refractivity contribution in [1.29, 1.82) is 0 Å². The van der Waals surface area contributed by atoms with Crippen LogP contribution in [0.15, 0.2) is 70.5 Å². The molecule has 0 unspecified atom stereocenters. The van der Waals surface area contributed by atoms with E-state index in [9.17, 15) is 36.0 Å². The average Bonchev–Trinajstić information content (AvgIpc) is 3.54. The third kappa shape index (κ3) is 6.69. The number of ether oxygens (including phenoxy) is 7. The summed E-state index contributed by atoms with van der Waals surface area (Å²) in [6.07, 6.45) is 0. The minimum absolute atomic E-state index is 0.0479. The lowest BCUT2D eigenvalue weighted by Gasteiger charge is -2.17. The number of methoxy groups -OCH3 is 6. The molecule has 0 saturated heterocycles. The van der Waals surface area contributed by atoms with Crippen LogP contribution in [0.2, 0.25) is 0 Å². The van der Waals surface area contributed by atoms with E-state index in [2.05, 4.69) is 0 Å². The Morgan fingerprint density at radius 1 is 0.400 bits per heavy atom. The predicted octanol–water partition coefficient (Wildman–Crippen LogP) is 3.36. The number of amides is 4. The van der Waals surface area contributed by atoms with Crippen LogP contribution in [-0.4, -0.2) is 93.2 Å². The molecule has 19 nitrogen and oxygen atoms in total. The molecule has 0 aliphatic carbocycles. The smallest absolute Gasteiger partial charge is 0.325 e. The van der Waals surface area contributed by atoms with E-state index in [1.807, 2.05) is 0 Å². The molecule has 288 valence electrons. The van der Waals surface area contributed by atoms with Crippen molar-refractivity contribution in [2.24, 2.45) is 0 Å². The van der Waals surface area contributed by atoms with Crippen LogP contribution < -0.4 is 33.2 Å². The minimum atomic E-state index is -4.94. The van der Waals surface area contributed by atoms with Crippen molar-refractivity contribution in [2.75, 3.05) is 42.7 Å². The molecule has 0 saturated carbocycles. The Kier molecular flexibility index (Phi) is 10.1. The fraction of sp³-hybridized carbons (Fsp3) is 0.176. The van der Waals surface area contributed by atoms with Gasteiger partial charge in [-0.1, -0.05) is 0 Å². The number of imide groups is 2. The molecule has 0 aromatic heterocycles. The SMILES string of the molecule is COc1cc(OC)c(S(=O)(=O)ON2C(=O)c3ccc(Oc4ccc5c(c4)C(=O)N(OS(=O)(=O)c4c(OC)cc(OC)cc4OC)C5=O)cc3C2=O)c(OC)c1. The summed E-state index contributed by atoms with van der Waals surface area (Å²) in [5, 5.41) is 0.0959. The van der Waals surface area contributed by atoms with Gasteiger partial charge in [-0.25, -0.2) is 0 Å². The molecule has 6 rings (SSSR count). The number of carbonyl (C=O) groups excluding carboxylic acids is 4. The topological polar surface area (TPSA) is 226 Å². The van der Waals surface area contributed by atoms with Crippen LogP contribution in [0.1, 0.15) is 41.4 Å². The lowest BCUT2D eigenvalue weighted by Crippen LogP contribution is -2.33. The highest BCUT2D eigenvalue weighted by atomic mass is 32.2. The Morgan fingerprint density at radius 2 is 0.709 bits per heavy atom. The zero-order valence-electron chi connectivity index (χ0n) is 29.4. The molecule has 2 heterocycles. The summed E-state index contributed by atoms with van der Waals surface area (Å²) in [7, 11) is -2.49. The van der Waals surface area contributed by atoms with Gasteiger partial charge in [0.1, 0.15) is 46.0 Å². The second-order valence-corrected chi connectivity index (χ2v) is 14.0. The number of carbonyl (C=O) groups is 4. The molecule has 4 aromatic carbocycles. The van der Waals surface area contributed by atoms with Crippen molar-refractivity contribution in [3.8, 4) is 46.0 Å². The summed E-state index contributed by atoms with van der Waals surface area (Å²) in [5.74, 6) is -5.31. The maximum atomic E-state index is 13.4. The second-order valence-electron chi connectivity index (χ2n) is 11.1. The van der Waals surface area contributed by atoms with E-state index in [0.717, 1.165) is 12.1 Å². The number of benzene rings is 4. The molecule has 0 fully saturated rings. The van der Waals surface area contributed by atoms with Crippen LogP contribution in [0, 0.1) is 0 Å². The Balaban J connectivity index is 1.22. The van der Waals surface area contributed by atoms with Gasteiger partial charge < -0.3 is 33.2 Å². The highest BCUT2D eigenvalue weighted by molar-refractivity contribution is 7.87. The van der Waals surface area contributed by atoms with E-state index in [1.165, 1.54) is 91.2 Å². The number of hydrogen-bond acceptors (Lipinski definition) is 17. The summed E-state index contributed by atoms with van der Waals surface area (Å²) in [4.78, 5) is 51.7. The molecule has 0 spiro atoms. The van der Waals surface area contributed by atoms with Gasteiger partial charge in [0.05, 0.1) is 64.9 Å². The molecular weight excluding hydrogens is 773 g/mol. The molecule has 4 aromatic rings. The fourth-order valence-electron chi connectivity index (χ4n) is 5.51. The molecule has 4 amide bonds. The summed E-state index contributed by atoms with van der Waals surface area (Å²) < 4.78 is 100. The first-order valence-electron chi connectivity index (χ1n) is 15.4. The molecule has 0 bridgehead atoms. The predicted molar refractivity (Wildman–Crippen MR) is 183 cm³/mol. The zero-order chi connectivity index (χ0) is 40.0. The lowest BCUT2D eigenvalue weighted by molar-refractivity contribution is -0.0109. The van der Waals surface area contributed by atoms with Crippen LogP contribution in [0.3, 0.4) is 0 Å². The van der Waals surface area contributed by atoms with Gasteiger partial charge in [-0.3, -0.25) is 19.2 Å². The first kappa shape index (κ1) is 38.3. The van der Waals surface area contributed by atoms with Crippen LogP contribution in [0.5, 0.6) is 46.0 Å². The molecule has 0 atom stereocenters. The molecule has 21 heteroatoms. The van der Waals surface area contributed by atoms with Crippen molar-refractivity contribution in [3.05, 3.63) is 82.9 Å². The number of fused-ring (bicyclic) bond motifs is 2. The van der Waals surface area contributed by atoms with E-state index < -0.39 is 53.7 Å². The average molecular weight is 801 g/mol. The standard InChI is InChI=1S/C34H28N2O17S2/c1-45-19-13-25(47-3)29(26(14-19)48-4)54(41,42)52-35-31(37)21-9-7-17(11-23(21)33(35)39)51-18-8-10-22-24(12-18)34(40)36(32(22)38)53-55(43,44)30-27(49-5)15-20(46-2)16-28(30)50-6/h7-16H,1-6H3. The van der Waals surface area contributed by atoms with Crippen molar-refractivity contribution >= 4 is 43.9 Å². The van der Waals surface area contributed by atoms with E-state index in [4.69, 9.17) is 41.7 Å². The molecule has 55 heavy (non-hydrogen) atoms. The van der Waals surface area contributed by atoms with Gasteiger partial charge in [0.15, 0.2) is 9.79 Å². The van der Waals surface area contributed by atoms with Crippen molar-refractivity contribution in [1.82, 2.24) is 10.1 Å². The van der Waals surface area contributed by atoms with E-state index in [0.29, 0.717) is 0 Å². The Bertz CT molecular complexity index is 2300. The van der Waals surface area contributed by atoms with Gasteiger partial charge in [-0.05, 0) is 36.4 Å². The number of hydroxylamine groups is 4. The van der Waals surface area contributed by atoms with Gasteiger partial charge >= 0.3 is 20.2 Å². The van der Waals surface area contributed by atoms with Gasteiger partial charge in [-0.2, -0.15) is 16.8 Å². The highest BCUT2D eigenvalue weighted by Gasteiger charge is 2.44. The van der Waals surface area contributed by atoms with Gasteiger partial charge in [-0.15, -0.1) is 18.7 Å². The van der Waals surface area contributed by atoms with Gasteiger partial charge in [0, 0.05) is 24.3 Å². The lowest BCUT2D eigenvalue weighted by atomic mass is 10.1. The van der Waals surface area contributed by atoms with Crippen LogP contribution >= 0.6 is 0 Å². The Morgan fingerprint density at radius 3 is 1.00 bits per heavy atom. The summed E-state index contributed by atoms with van der Waals surface area (Å²) in [6, 6.07) is 12.1. The maximum Gasteiger partial charge on any atom is 0.325 e. The van der Waals surface area contributed by atoms with Crippen LogP contribution in [0.4, 0.5) is 0 Å². The summed E-state index contributed by atoms with van der Waals surface area (Å²) >= 11 is 0. The third-order valence-electron chi connectivity index (χ3n) is 8.06. The quantitative estimate of drug-likeness (QED) is 0.167. The molecular formula is C34H28N2O17S2. The number of rotatable bonds is 14. The normalized spacial score (nSPS) is 13.8. The monoisotopic (exact) mass is 800 g/mol. The molecule has 2 aliphatic rings. The van der Waals surface area contributed by atoms with E-state index in [1.54, 1.807) is 0 Å². The van der Waals surface area contributed by atoms with Crippen molar-refractivity contribution < 1.29 is 77.7 Å². The maximum absolute atomic E-state index is 13.4. The van der Waals surface area contributed by atoms with Crippen LogP contribution in [0.25, 0.3) is 0 Å². The largest absolute Gasteiger partial charge is 0.496 e. The summed E-state index contributed by atoms with van der Waals surface area (Å²) in [5.41, 5.74) is -1.05. The van der Waals surface area contributed by atoms with Gasteiger partial charge in [0.2, 0.25) is 0 Å².